The molecule has 2 unspecified atom stereocenters. The second kappa shape index (κ2) is 12.8. The number of hydrogen-bond donors (Lipinski definition) is 6. The fraction of sp³-hybridized carbons (Fsp3) is 0.486. The smallest absolute Gasteiger partial charge is 0.295 e. The lowest BCUT2D eigenvalue weighted by Gasteiger charge is -2.40. The summed E-state index contributed by atoms with van der Waals surface area (Å²) < 4.78 is 81.6. The minimum Gasteiger partial charge on any atom is -0.455 e. The highest BCUT2D eigenvalue weighted by atomic mass is 32.2. The van der Waals surface area contributed by atoms with E-state index in [0.717, 1.165) is 106 Å². The standard InChI is InChI=1S/C37H41N3O11S2/c41-18-27-33(42)34(43)30(37(44)50-27)38-52(45,46)21-9-10-22(28(17-21)53(47,48)49)29-25-15-19-5-1-11-39-13-3-7-23(31(19)39)35(25)51-36-24-8-4-14-40-12-2-6-20(32(24)40)16-26(29)36/h9-10,15-17,27,30,33-34,37-38,41-44H,1-8,11-14,18H2/p+1/t27?,30?,33-,34+,37+/m0/s1. The van der Waals surface area contributed by atoms with Crippen LogP contribution in [0.2, 0.25) is 0 Å². The van der Waals surface area contributed by atoms with Crippen LogP contribution in [-0.2, 0) is 50.6 Å². The minimum absolute atomic E-state index is 0.103. The Morgan fingerprint density at radius 1 is 0.830 bits per heavy atom. The molecule has 16 heteroatoms. The lowest BCUT2D eigenvalue weighted by atomic mass is 9.82. The van der Waals surface area contributed by atoms with Gasteiger partial charge in [0.1, 0.15) is 53.8 Å². The summed E-state index contributed by atoms with van der Waals surface area (Å²) in [6.45, 7) is 3.03. The summed E-state index contributed by atoms with van der Waals surface area (Å²) in [5.74, 6) is 1.31. The average Bonchev–Trinajstić information content (AvgIpc) is 3.14. The third-order valence-electron chi connectivity index (χ3n) is 11.7. The second-order valence-electron chi connectivity index (χ2n) is 14.9. The van der Waals surface area contributed by atoms with E-state index in [9.17, 15) is 41.8 Å². The van der Waals surface area contributed by atoms with Crippen LogP contribution in [0.15, 0.2) is 40.1 Å². The molecule has 6 aliphatic heterocycles. The first kappa shape index (κ1) is 35.3. The number of ether oxygens (including phenoxy) is 2. The van der Waals surface area contributed by atoms with Crippen LogP contribution >= 0.6 is 0 Å². The van der Waals surface area contributed by atoms with Gasteiger partial charge in [-0.2, -0.15) is 8.42 Å². The molecule has 282 valence electrons. The maximum absolute atomic E-state index is 13.7. The number of rotatable bonds is 6. The van der Waals surface area contributed by atoms with Crippen molar-refractivity contribution in [3.05, 3.63) is 74.3 Å². The zero-order chi connectivity index (χ0) is 37.0. The molecule has 0 radical (unpaired) electrons. The molecule has 0 aliphatic carbocycles. The van der Waals surface area contributed by atoms with Crippen LogP contribution in [0.5, 0.6) is 11.5 Å². The fourth-order valence-electron chi connectivity index (χ4n) is 9.36. The lowest BCUT2D eigenvalue weighted by Crippen LogP contribution is -2.64. The molecule has 0 saturated carbocycles. The van der Waals surface area contributed by atoms with Crippen LogP contribution in [0.4, 0.5) is 5.69 Å². The van der Waals surface area contributed by atoms with Gasteiger partial charge in [-0.3, -0.25) is 4.55 Å². The van der Waals surface area contributed by atoms with Gasteiger partial charge in [-0.15, -0.1) is 0 Å². The second-order valence-corrected chi connectivity index (χ2v) is 18.0. The number of aliphatic hydroxyl groups excluding tert-OH is 4. The van der Waals surface area contributed by atoms with E-state index in [0.29, 0.717) is 27.9 Å². The summed E-state index contributed by atoms with van der Waals surface area (Å²) in [6, 6.07) is 5.80. The quantitative estimate of drug-likeness (QED) is 0.108. The number of fused-ring (bicyclic) bond motifs is 4. The van der Waals surface area contributed by atoms with Gasteiger partial charge in [-0.1, -0.05) is 6.07 Å². The van der Waals surface area contributed by atoms with Crippen molar-refractivity contribution in [2.45, 2.75) is 91.8 Å². The molecule has 5 atom stereocenters. The van der Waals surface area contributed by atoms with Crippen molar-refractivity contribution in [3.63, 3.8) is 0 Å². The van der Waals surface area contributed by atoms with Gasteiger partial charge in [0.15, 0.2) is 6.29 Å². The highest BCUT2D eigenvalue weighted by molar-refractivity contribution is 7.89. The van der Waals surface area contributed by atoms with Gasteiger partial charge in [0.25, 0.3) is 10.1 Å². The van der Waals surface area contributed by atoms with E-state index in [1.54, 1.807) is 0 Å². The average molecular weight is 769 g/mol. The van der Waals surface area contributed by atoms with Crippen molar-refractivity contribution in [1.82, 2.24) is 9.30 Å². The molecule has 9 rings (SSSR count). The molecule has 0 aromatic heterocycles. The number of aryl methyl sites for hydroxylation is 2. The molecule has 6 N–H and O–H groups in total. The summed E-state index contributed by atoms with van der Waals surface area (Å²) >= 11 is 0. The van der Waals surface area contributed by atoms with E-state index >= 15 is 0 Å². The Kier molecular flexibility index (Phi) is 8.53. The van der Waals surface area contributed by atoms with E-state index in [1.807, 2.05) is 0 Å². The first-order chi connectivity index (χ1) is 25.4. The maximum atomic E-state index is 13.7. The highest BCUT2D eigenvalue weighted by Crippen LogP contribution is 2.49. The van der Waals surface area contributed by atoms with Crippen molar-refractivity contribution in [2.24, 2.45) is 0 Å². The SMILES string of the molecule is O=S(=O)(O)c1cc(S(=O)(=O)NC2[C@H](O)OC(CO)[C@H](O)[C@@H]2O)ccc1C1=c2cc3c4c(c2Oc2c1cc1c5c2CCCN5CCC1)CCC[N+]=4CCC3. The Bertz CT molecular complexity index is 2410. The molecular weight excluding hydrogens is 727 g/mol. The molecule has 6 aliphatic rings. The van der Waals surface area contributed by atoms with Gasteiger partial charge in [0.2, 0.25) is 15.4 Å². The molecule has 1 saturated heterocycles. The van der Waals surface area contributed by atoms with Crippen molar-refractivity contribution in [1.29, 1.82) is 0 Å². The number of nitrogens with one attached hydrogen (secondary N) is 1. The Morgan fingerprint density at radius 3 is 2.30 bits per heavy atom. The first-order valence-electron chi connectivity index (χ1n) is 18.2. The van der Waals surface area contributed by atoms with Crippen molar-refractivity contribution >= 4 is 31.4 Å². The number of sulfonamides is 1. The molecule has 0 amide bonds. The zero-order valence-electron chi connectivity index (χ0n) is 28.9. The lowest BCUT2D eigenvalue weighted by molar-refractivity contribution is -0.251. The minimum atomic E-state index is -5.07. The van der Waals surface area contributed by atoms with Gasteiger partial charge < -0.3 is 34.8 Å². The van der Waals surface area contributed by atoms with Crippen LogP contribution in [0.3, 0.4) is 0 Å². The summed E-state index contributed by atoms with van der Waals surface area (Å²) in [5, 5.41) is 42.7. The van der Waals surface area contributed by atoms with E-state index in [1.165, 1.54) is 23.2 Å². The molecule has 3 aromatic rings. The van der Waals surface area contributed by atoms with Crippen LogP contribution in [0.1, 0.15) is 59.1 Å². The fourth-order valence-corrected chi connectivity index (χ4v) is 11.4. The van der Waals surface area contributed by atoms with Gasteiger partial charge >= 0.3 is 0 Å². The summed E-state index contributed by atoms with van der Waals surface area (Å²) in [5.41, 5.74) is 6.89. The van der Waals surface area contributed by atoms with Gasteiger partial charge in [0.05, 0.1) is 17.1 Å². The van der Waals surface area contributed by atoms with Crippen molar-refractivity contribution in [2.75, 3.05) is 37.7 Å². The number of benzene rings is 3. The molecule has 0 spiro atoms. The zero-order valence-corrected chi connectivity index (χ0v) is 30.5. The summed E-state index contributed by atoms with van der Waals surface area (Å²) in [7, 11) is -9.78. The van der Waals surface area contributed by atoms with E-state index in [2.05, 4.69) is 26.3 Å². The van der Waals surface area contributed by atoms with E-state index in [4.69, 9.17) is 9.47 Å². The Hall–Kier alpha value is -3.45. The first-order valence-corrected chi connectivity index (χ1v) is 21.2. The molecule has 6 heterocycles. The summed E-state index contributed by atoms with van der Waals surface area (Å²) in [4.78, 5) is 1.18. The third kappa shape index (κ3) is 5.64. The monoisotopic (exact) mass is 768 g/mol. The van der Waals surface area contributed by atoms with Crippen LogP contribution in [0, 0.1) is 0 Å². The normalized spacial score (nSPS) is 26.3. The molecule has 0 bridgehead atoms. The molecule has 1 fully saturated rings. The highest BCUT2D eigenvalue weighted by Gasteiger charge is 2.46. The Labute approximate surface area is 306 Å². The van der Waals surface area contributed by atoms with E-state index in [-0.39, 0.29) is 5.56 Å². The van der Waals surface area contributed by atoms with Gasteiger partial charge in [0, 0.05) is 64.7 Å². The third-order valence-corrected chi connectivity index (χ3v) is 14.0. The van der Waals surface area contributed by atoms with Crippen LogP contribution in [0.25, 0.3) is 5.57 Å². The van der Waals surface area contributed by atoms with E-state index < -0.39 is 67.2 Å². The molecular formula is C37H42N3O11S2+. The largest absolute Gasteiger partial charge is 0.455 e. The number of nitrogens with zero attached hydrogens (tertiary/aromatic N) is 2. The van der Waals surface area contributed by atoms with Crippen LogP contribution < -0.4 is 29.5 Å². The Morgan fingerprint density at radius 2 is 1.55 bits per heavy atom. The topological polar surface area (TPSA) is 206 Å². The Balaban J connectivity index is 1.27. The maximum Gasteiger partial charge on any atom is 0.295 e. The number of hydrogen-bond acceptors (Lipinski definition) is 11. The van der Waals surface area contributed by atoms with Crippen molar-refractivity contribution < 1.29 is 51.3 Å². The predicted octanol–water partition coefficient (Wildman–Crippen LogP) is -0.553. The van der Waals surface area contributed by atoms with Gasteiger partial charge in [-0.05, 0) is 68.4 Å². The number of aliphatic hydroxyl groups is 4. The molecule has 53 heavy (non-hydrogen) atoms. The summed E-state index contributed by atoms with van der Waals surface area (Å²) in [6.07, 6.45) is 0.112. The van der Waals surface area contributed by atoms with Gasteiger partial charge in [-0.25, -0.2) is 17.7 Å². The number of anilines is 1. The molecule has 14 nitrogen and oxygen atoms in total. The van der Waals surface area contributed by atoms with Crippen molar-refractivity contribution in [3.8, 4) is 11.5 Å². The predicted molar refractivity (Wildman–Crippen MR) is 191 cm³/mol. The molecule has 3 aromatic carbocycles. The van der Waals surface area contributed by atoms with Crippen LogP contribution in [-0.4, -0.2) is 105 Å².